The molecule has 0 radical (unpaired) electrons. The van der Waals surface area contributed by atoms with Crippen LogP contribution in [0.4, 0.5) is 5.69 Å². The molecule has 98 valence electrons. The van der Waals surface area contributed by atoms with E-state index in [-0.39, 0.29) is 18.1 Å². The molecule has 1 aromatic carbocycles. The van der Waals surface area contributed by atoms with Gasteiger partial charge in [-0.05, 0) is 41.6 Å². The van der Waals surface area contributed by atoms with E-state index in [2.05, 4.69) is 20.8 Å². The number of amides is 1. The lowest BCUT2D eigenvalue weighted by molar-refractivity contribution is -0.115. The Bertz CT molecular complexity index is 603. The number of hydrogen-bond acceptors (Lipinski definition) is 5. The van der Waals surface area contributed by atoms with E-state index in [0.29, 0.717) is 17.1 Å². The zero-order chi connectivity index (χ0) is 13.8. The van der Waals surface area contributed by atoms with Gasteiger partial charge in [0.05, 0.1) is 6.42 Å². The highest BCUT2D eigenvalue weighted by molar-refractivity contribution is 5.95. The molecule has 0 atom stereocenters. The number of aromatic nitrogens is 4. The standard InChI is InChI=1S/C12H13N5O2/c1-8(18)9-3-5-10(6-4-9)13-12(19)7-11-14-15-16-17(11)2/h3-6H,7H2,1-2H3,(H,13,19). The highest BCUT2D eigenvalue weighted by Crippen LogP contribution is 2.10. The predicted molar refractivity (Wildman–Crippen MR) is 67.6 cm³/mol. The number of tetrazole rings is 1. The van der Waals surface area contributed by atoms with Crippen LogP contribution in [0, 0.1) is 0 Å². The van der Waals surface area contributed by atoms with Crippen molar-refractivity contribution in [1.82, 2.24) is 20.2 Å². The third-order valence-corrected chi connectivity index (χ3v) is 2.60. The Kier molecular flexibility index (Phi) is 3.65. The molecular weight excluding hydrogens is 246 g/mol. The maximum atomic E-state index is 11.8. The molecule has 1 aromatic heterocycles. The molecule has 0 unspecified atom stereocenters. The van der Waals surface area contributed by atoms with Crippen LogP contribution in [0.25, 0.3) is 0 Å². The molecule has 7 heteroatoms. The van der Waals surface area contributed by atoms with E-state index in [1.54, 1.807) is 31.3 Å². The molecule has 0 fully saturated rings. The van der Waals surface area contributed by atoms with Crippen LogP contribution in [0.2, 0.25) is 0 Å². The van der Waals surface area contributed by atoms with Gasteiger partial charge in [0.1, 0.15) is 0 Å². The van der Waals surface area contributed by atoms with Crippen molar-refractivity contribution in [3.8, 4) is 0 Å². The Labute approximate surface area is 109 Å². The Morgan fingerprint density at radius 3 is 2.47 bits per heavy atom. The second-order valence-electron chi connectivity index (χ2n) is 4.08. The zero-order valence-corrected chi connectivity index (χ0v) is 10.6. The molecule has 0 spiro atoms. The molecule has 1 N–H and O–H groups in total. The van der Waals surface area contributed by atoms with E-state index in [0.717, 1.165) is 0 Å². The minimum Gasteiger partial charge on any atom is -0.326 e. The van der Waals surface area contributed by atoms with E-state index >= 15 is 0 Å². The van der Waals surface area contributed by atoms with Crippen LogP contribution < -0.4 is 5.32 Å². The second-order valence-corrected chi connectivity index (χ2v) is 4.08. The summed E-state index contributed by atoms with van der Waals surface area (Å²) in [5, 5.41) is 13.5. The molecule has 0 aliphatic heterocycles. The molecule has 7 nitrogen and oxygen atoms in total. The fraction of sp³-hybridized carbons (Fsp3) is 0.250. The largest absolute Gasteiger partial charge is 0.326 e. The van der Waals surface area contributed by atoms with Crippen molar-refractivity contribution < 1.29 is 9.59 Å². The number of Topliss-reactive ketones (excluding diaryl/α,β-unsaturated/α-hetero) is 1. The van der Waals surface area contributed by atoms with Gasteiger partial charge in [-0.25, -0.2) is 4.68 Å². The second kappa shape index (κ2) is 5.38. The molecule has 0 aliphatic rings. The average Bonchev–Trinajstić information content (AvgIpc) is 2.75. The first-order valence-electron chi connectivity index (χ1n) is 5.68. The fourth-order valence-electron chi connectivity index (χ4n) is 1.53. The van der Waals surface area contributed by atoms with Crippen LogP contribution >= 0.6 is 0 Å². The molecule has 0 aliphatic carbocycles. The van der Waals surface area contributed by atoms with Crippen molar-refractivity contribution in [2.75, 3.05) is 5.32 Å². The van der Waals surface area contributed by atoms with Gasteiger partial charge in [0, 0.05) is 18.3 Å². The van der Waals surface area contributed by atoms with Crippen LogP contribution in [0.15, 0.2) is 24.3 Å². The molecule has 2 rings (SSSR count). The molecule has 1 amide bonds. The summed E-state index contributed by atoms with van der Waals surface area (Å²) in [6.45, 7) is 1.49. The first kappa shape index (κ1) is 12.9. The van der Waals surface area contributed by atoms with Crippen molar-refractivity contribution in [2.24, 2.45) is 7.05 Å². The average molecular weight is 259 g/mol. The maximum Gasteiger partial charge on any atom is 0.232 e. The van der Waals surface area contributed by atoms with E-state index in [9.17, 15) is 9.59 Å². The van der Waals surface area contributed by atoms with E-state index < -0.39 is 0 Å². The number of nitrogens with zero attached hydrogens (tertiary/aromatic N) is 4. The number of ketones is 1. The first-order chi connectivity index (χ1) is 9.06. The van der Waals surface area contributed by atoms with Crippen molar-refractivity contribution >= 4 is 17.4 Å². The number of carbonyl (C=O) groups is 2. The molecule has 0 saturated carbocycles. The van der Waals surface area contributed by atoms with Crippen LogP contribution in [0.3, 0.4) is 0 Å². The summed E-state index contributed by atoms with van der Waals surface area (Å²) in [5.41, 5.74) is 1.24. The molecule has 1 heterocycles. The molecule has 19 heavy (non-hydrogen) atoms. The van der Waals surface area contributed by atoms with Crippen LogP contribution in [0.5, 0.6) is 0 Å². The highest BCUT2D eigenvalue weighted by Gasteiger charge is 2.09. The lowest BCUT2D eigenvalue weighted by Crippen LogP contribution is -2.17. The highest BCUT2D eigenvalue weighted by atomic mass is 16.1. The van der Waals surface area contributed by atoms with Gasteiger partial charge >= 0.3 is 0 Å². The summed E-state index contributed by atoms with van der Waals surface area (Å²) >= 11 is 0. The number of carbonyl (C=O) groups excluding carboxylic acids is 2. The van der Waals surface area contributed by atoms with Crippen molar-refractivity contribution in [3.05, 3.63) is 35.7 Å². The summed E-state index contributed by atoms with van der Waals surface area (Å²) in [6, 6.07) is 6.71. The maximum absolute atomic E-state index is 11.8. The topological polar surface area (TPSA) is 89.8 Å². The van der Waals surface area contributed by atoms with Gasteiger partial charge in [-0.15, -0.1) is 5.10 Å². The minimum atomic E-state index is -0.214. The smallest absolute Gasteiger partial charge is 0.232 e. The van der Waals surface area contributed by atoms with E-state index in [1.807, 2.05) is 0 Å². The van der Waals surface area contributed by atoms with Crippen molar-refractivity contribution in [2.45, 2.75) is 13.3 Å². The van der Waals surface area contributed by atoms with Crippen LogP contribution in [0.1, 0.15) is 23.1 Å². The SMILES string of the molecule is CC(=O)c1ccc(NC(=O)Cc2nnnn2C)cc1. The van der Waals surface area contributed by atoms with Crippen LogP contribution in [-0.4, -0.2) is 31.9 Å². The lowest BCUT2D eigenvalue weighted by Gasteiger charge is -2.05. The Morgan fingerprint density at radius 2 is 1.95 bits per heavy atom. The minimum absolute atomic E-state index is 0.0111. The Hall–Kier alpha value is -2.57. The van der Waals surface area contributed by atoms with Crippen molar-refractivity contribution in [1.29, 1.82) is 0 Å². The quantitative estimate of drug-likeness (QED) is 0.812. The van der Waals surface area contributed by atoms with Gasteiger partial charge in [-0.2, -0.15) is 0 Å². The van der Waals surface area contributed by atoms with E-state index in [4.69, 9.17) is 0 Å². The van der Waals surface area contributed by atoms with Crippen LogP contribution in [-0.2, 0) is 18.3 Å². The third-order valence-electron chi connectivity index (χ3n) is 2.60. The molecule has 0 saturated heterocycles. The van der Waals surface area contributed by atoms with Gasteiger partial charge in [-0.1, -0.05) is 0 Å². The Balaban J connectivity index is 1.99. The van der Waals surface area contributed by atoms with Gasteiger partial charge in [0.15, 0.2) is 11.6 Å². The third kappa shape index (κ3) is 3.21. The number of nitrogens with one attached hydrogen (secondary N) is 1. The summed E-state index contributed by atoms with van der Waals surface area (Å²) in [6.07, 6.45) is 0.0952. The number of aryl methyl sites for hydroxylation is 1. The number of anilines is 1. The predicted octanol–water partition coefficient (Wildman–Crippen LogP) is 0.594. The van der Waals surface area contributed by atoms with Gasteiger partial charge < -0.3 is 5.32 Å². The molecule has 0 bridgehead atoms. The fourth-order valence-corrected chi connectivity index (χ4v) is 1.53. The molecule has 2 aromatic rings. The Morgan fingerprint density at radius 1 is 1.26 bits per heavy atom. The number of benzene rings is 1. The summed E-state index contributed by atoms with van der Waals surface area (Å²) in [4.78, 5) is 22.9. The zero-order valence-electron chi connectivity index (χ0n) is 10.6. The number of hydrogen-bond donors (Lipinski definition) is 1. The van der Waals surface area contributed by atoms with Gasteiger partial charge in [0.2, 0.25) is 5.91 Å². The van der Waals surface area contributed by atoms with Gasteiger partial charge in [-0.3, -0.25) is 9.59 Å². The monoisotopic (exact) mass is 259 g/mol. The van der Waals surface area contributed by atoms with Crippen molar-refractivity contribution in [3.63, 3.8) is 0 Å². The normalized spacial score (nSPS) is 10.2. The lowest BCUT2D eigenvalue weighted by atomic mass is 10.1. The molecular formula is C12H13N5O2. The van der Waals surface area contributed by atoms with E-state index in [1.165, 1.54) is 11.6 Å². The summed E-state index contributed by atoms with van der Waals surface area (Å²) in [7, 11) is 1.67. The first-order valence-corrected chi connectivity index (χ1v) is 5.68. The summed E-state index contributed by atoms with van der Waals surface area (Å²) < 4.78 is 1.44. The number of rotatable bonds is 4. The van der Waals surface area contributed by atoms with Gasteiger partial charge in [0.25, 0.3) is 0 Å². The summed E-state index contributed by atoms with van der Waals surface area (Å²) in [5.74, 6) is 0.259.